The molecule has 6 heteroatoms. The lowest BCUT2D eigenvalue weighted by atomic mass is 10.1. The number of likely N-dealkylation sites (tertiary alicyclic amines) is 1. The van der Waals surface area contributed by atoms with E-state index in [1.165, 1.54) is 0 Å². The van der Waals surface area contributed by atoms with E-state index >= 15 is 0 Å². The minimum Gasteiger partial charge on any atom is -0.490 e. The summed E-state index contributed by atoms with van der Waals surface area (Å²) in [5, 5.41) is 0. The monoisotopic (exact) mass is 414 g/mol. The SMILES string of the molecule is O=S1CN(CCN2CCC(Oc3ccc(F)c4c3CCC4)CC2)c2ccccc21. The highest BCUT2D eigenvalue weighted by atomic mass is 32.2. The molecule has 1 aliphatic carbocycles. The first-order valence-electron chi connectivity index (χ1n) is 10.6. The summed E-state index contributed by atoms with van der Waals surface area (Å²) in [6, 6.07) is 11.4. The molecule has 154 valence electrons. The number of piperidine rings is 1. The van der Waals surface area contributed by atoms with Gasteiger partial charge in [-0.1, -0.05) is 12.1 Å². The van der Waals surface area contributed by atoms with Crippen LogP contribution in [0.3, 0.4) is 0 Å². The van der Waals surface area contributed by atoms with Crippen LogP contribution in [0, 0.1) is 5.82 Å². The van der Waals surface area contributed by atoms with Crippen LogP contribution in [-0.2, 0) is 23.6 Å². The number of para-hydroxylation sites is 1. The molecule has 0 radical (unpaired) electrons. The fourth-order valence-electron chi connectivity index (χ4n) is 4.81. The summed E-state index contributed by atoms with van der Waals surface area (Å²) in [5.74, 6) is 1.42. The number of rotatable bonds is 5. The Morgan fingerprint density at radius 3 is 2.69 bits per heavy atom. The second-order valence-electron chi connectivity index (χ2n) is 8.22. The largest absolute Gasteiger partial charge is 0.490 e. The zero-order valence-electron chi connectivity index (χ0n) is 16.6. The van der Waals surface area contributed by atoms with E-state index < -0.39 is 10.8 Å². The Balaban J connectivity index is 1.13. The lowest BCUT2D eigenvalue weighted by molar-refractivity contribution is 0.101. The van der Waals surface area contributed by atoms with Crippen molar-refractivity contribution in [3.05, 3.63) is 53.3 Å². The van der Waals surface area contributed by atoms with Gasteiger partial charge in [-0.3, -0.25) is 4.21 Å². The Morgan fingerprint density at radius 1 is 1.03 bits per heavy atom. The van der Waals surface area contributed by atoms with Crippen LogP contribution in [0.1, 0.15) is 30.4 Å². The van der Waals surface area contributed by atoms with Crippen LogP contribution < -0.4 is 9.64 Å². The van der Waals surface area contributed by atoms with Gasteiger partial charge in [-0.2, -0.15) is 0 Å². The highest BCUT2D eigenvalue weighted by molar-refractivity contribution is 7.85. The highest BCUT2D eigenvalue weighted by Gasteiger charge is 2.27. The Bertz CT molecular complexity index is 927. The maximum absolute atomic E-state index is 13.9. The van der Waals surface area contributed by atoms with Crippen LogP contribution in [0.25, 0.3) is 0 Å². The summed E-state index contributed by atoms with van der Waals surface area (Å²) in [5.41, 5.74) is 3.07. The minimum atomic E-state index is -0.904. The third kappa shape index (κ3) is 3.80. The van der Waals surface area contributed by atoms with E-state index in [0.29, 0.717) is 5.88 Å². The fraction of sp³-hybridized carbons (Fsp3) is 0.478. The quantitative estimate of drug-likeness (QED) is 0.746. The summed E-state index contributed by atoms with van der Waals surface area (Å²) in [4.78, 5) is 5.68. The normalized spacial score (nSPS) is 22.0. The molecule has 0 aromatic heterocycles. The molecular weight excluding hydrogens is 387 g/mol. The average molecular weight is 415 g/mol. The van der Waals surface area contributed by atoms with E-state index in [1.807, 2.05) is 24.3 Å². The van der Waals surface area contributed by atoms with Crippen molar-refractivity contribution >= 4 is 16.5 Å². The van der Waals surface area contributed by atoms with Crippen molar-refractivity contribution in [1.29, 1.82) is 0 Å². The smallest absolute Gasteiger partial charge is 0.126 e. The van der Waals surface area contributed by atoms with Crippen LogP contribution >= 0.6 is 0 Å². The molecule has 4 nitrogen and oxygen atoms in total. The Kier molecular flexibility index (Phi) is 5.31. The number of ether oxygens (including phenoxy) is 1. The zero-order chi connectivity index (χ0) is 19.8. The molecular formula is C23H27FN2O2S. The van der Waals surface area contributed by atoms with Crippen molar-refractivity contribution in [3.63, 3.8) is 0 Å². The summed E-state index contributed by atoms with van der Waals surface area (Å²) >= 11 is 0. The molecule has 2 aromatic carbocycles. The predicted molar refractivity (Wildman–Crippen MR) is 114 cm³/mol. The van der Waals surface area contributed by atoms with Gasteiger partial charge in [-0.25, -0.2) is 4.39 Å². The Labute approximate surface area is 174 Å². The van der Waals surface area contributed by atoms with E-state index in [2.05, 4.69) is 15.9 Å². The van der Waals surface area contributed by atoms with E-state index in [4.69, 9.17) is 4.74 Å². The molecule has 2 aromatic rings. The number of benzene rings is 2. The molecule has 29 heavy (non-hydrogen) atoms. The topological polar surface area (TPSA) is 32.8 Å². The van der Waals surface area contributed by atoms with Gasteiger partial charge in [0.05, 0.1) is 27.3 Å². The molecule has 0 bridgehead atoms. The highest BCUT2D eigenvalue weighted by Crippen LogP contribution is 2.34. The number of fused-ring (bicyclic) bond motifs is 2. The van der Waals surface area contributed by atoms with Gasteiger partial charge in [0.15, 0.2) is 0 Å². The standard InChI is InChI=1S/C23H27FN2O2S/c24-20-8-9-22(19-5-3-4-18(19)20)28-17-10-12-25(13-11-17)14-15-26-16-29(27)23-7-2-1-6-21(23)26/h1-2,6-9,17H,3-5,10-16H2. The summed E-state index contributed by atoms with van der Waals surface area (Å²) in [7, 11) is -0.904. The third-order valence-electron chi connectivity index (χ3n) is 6.42. The van der Waals surface area contributed by atoms with Gasteiger partial charge in [0, 0.05) is 31.7 Å². The predicted octanol–water partition coefficient (Wildman–Crippen LogP) is 3.74. The number of hydrogen-bond donors (Lipinski definition) is 0. The lowest BCUT2D eigenvalue weighted by Crippen LogP contribution is -2.42. The summed E-state index contributed by atoms with van der Waals surface area (Å²) in [6.45, 7) is 3.89. The molecule has 1 unspecified atom stereocenters. The average Bonchev–Trinajstić information content (AvgIpc) is 3.36. The van der Waals surface area contributed by atoms with Crippen molar-refractivity contribution in [2.24, 2.45) is 0 Å². The maximum Gasteiger partial charge on any atom is 0.126 e. The van der Waals surface area contributed by atoms with Gasteiger partial charge in [-0.05, 0) is 61.9 Å². The first-order valence-corrected chi connectivity index (χ1v) is 11.9. The van der Waals surface area contributed by atoms with Crippen molar-refractivity contribution in [3.8, 4) is 5.75 Å². The first kappa shape index (κ1) is 19.1. The molecule has 5 rings (SSSR count). The molecule has 1 saturated heterocycles. The minimum absolute atomic E-state index is 0.0795. The molecule has 1 atom stereocenters. The first-order chi connectivity index (χ1) is 14.2. The van der Waals surface area contributed by atoms with Crippen LogP contribution in [0.4, 0.5) is 10.1 Å². The molecule has 2 aliphatic heterocycles. The van der Waals surface area contributed by atoms with Crippen LogP contribution in [0.15, 0.2) is 41.3 Å². The number of anilines is 1. The van der Waals surface area contributed by atoms with E-state index in [9.17, 15) is 8.60 Å². The lowest BCUT2D eigenvalue weighted by Gasteiger charge is -2.33. The fourth-order valence-corrected chi connectivity index (χ4v) is 6.16. The van der Waals surface area contributed by atoms with Crippen LogP contribution in [-0.4, -0.2) is 47.3 Å². The van der Waals surface area contributed by atoms with Crippen LogP contribution in [0.2, 0.25) is 0 Å². The van der Waals surface area contributed by atoms with Gasteiger partial charge < -0.3 is 14.5 Å². The van der Waals surface area contributed by atoms with Gasteiger partial charge in [0.2, 0.25) is 0 Å². The number of halogens is 1. The summed E-state index contributed by atoms with van der Waals surface area (Å²) < 4.78 is 32.5. The van der Waals surface area contributed by atoms with Gasteiger partial charge >= 0.3 is 0 Å². The Hall–Kier alpha value is -1.92. The second-order valence-corrected chi connectivity index (χ2v) is 9.61. The second kappa shape index (κ2) is 8.07. The third-order valence-corrected chi connectivity index (χ3v) is 7.81. The molecule has 3 aliphatic rings. The molecule has 0 N–H and O–H groups in total. The Morgan fingerprint density at radius 2 is 1.83 bits per heavy atom. The van der Waals surface area contributed by atoms with Gasteiger partial charge in [0.1, 0.15) is 17.7 Å². The molecule has 2 heterocycles. The van der Waals surface area contributed by atoms with Gasteiger partial charge in [-0.15, -0.1) is 0 Å². The van der Waals surface area contributed by atoms with Gasteiger partial charge in [0.25, 0.3) is 0 Å². The van der Waals surface area contributed by atoms with E-state index in [1.54, 1.807) is 6.07 Å². The molecule has 0 saturated carbocycles. The molecule has 1 fully saturated rings. The summed E-state index contributed by atoms with van der Waals surface area (Å²) in [6.07, 6.45) is 4.99. The van der Waals surface area contributed by atoms with E-state index in [-0.39, 0.29) is 11.9 Å². The zero-order valence-corrected chi connectivity index (χ0v) is 17.4. The number of hydrogen-bond acceptors (Lipinski definition) is 4. The van der Waals surface area contributed by atoms with Crippen molar-refractivity contribution in [2.45, 2.75) is 43.1 Å². The number of nitrogens with zero attached hydrogens (tertiary/aromatic N) is 2. The van der Waals surface area contributed by atoms with Crippen molar-refractivity contribution in [1.82, 2.24) is 4.90 Å². The van der Waals surface area contributed by atoms with Crippen molar-refractivity contribution < 1.29 is 13.3 Å². The van der Waals surface area contributed by atoms with Crippen LogP contribution in [0.5, 0.6) is 5.75 Å². The molecule has 0 spiro atoms. The van der Waals surface area contributed by atoms with E-state index in [0.717, 1.165) is 85.7 Å². The maximum atomic E-state index is 13.9. The van der Waals surface area contributed by atoms with Crippen molar-refractivity contribution in [2.75, 3.05) is 37.0 Å². The molecule has 0 amide bonds.